The van der Waals surface area contributed by atoms with Crippen molar-refractivity contribution in [1.82, 2.24) is 4.67 Å². The lowest BCUT2D eigenvalue weighted by Gasteiger charge is -2.28. The Morgan fingerprint density at radius 2 is 2.23 bits per heavy atom. The normalized spacial score (nSPS) is 17.5. The fourth-order valence-corrected chi connectivity index (χ4v) is 8.87. The lowest BCUT2D eigenvalue weighted by Crippen LogP contribution is -2.09. The van der Waals surface area contributed by atoms with E-state index in [4.69, 9.17) is 11.8 Å². The van der Waals surface area contributed by atoms with Crippen molar-refractivity contribution in [1.29, 1.82) is 0 Å². The average molecular weight is 257 g/mol. The van der Waals surface area contributed by atoms with Crippen LogP contribution in [0.25, 0.3) is 0 Å². The van der Waals surface area contributed by atoms with E-state index < -0.39 is 4.59 Å². The fraction of sp³-hybridized carbons (Fsp3) is 0.857. The van der Waals surface area contributed by atoms with Gasteiger partial charge in [0.05, 0.1) is 0 Å². The third kappa shape index (κ3) is 4.24. The second-order valence-electron chi connectivity index (χ2n) is 2.65. The molecule has 0 heterocycles. The molecule has 2 atom stereocenters. The minimum absolute atomic E-state index is 0.528. The standard InChI is InChI=1S/C7H16NOPS3/c1-5-7(2)13-10(11,12-4)8(3)6-9/h6-7H,5H2,1-4H3. The molecular formula is C7H16NOPS3. The first-order valence-electron chi connectivity index (χ1n) is 4.03. The van der Waals surface area contributed by atoms with Gasteiger partial charge in [-0.1, -0.05) is 48.4 Å². The van der Waals surface area contributed by atoms with Gasteiger partial charge in [-0.05, 0) is 12.7 Å². The molecule has 2 nitrogen and oxygen atoms in total. The Bertz CT molecular complexity index is 212. The minimum atomic E-state index is -1.73. The molecule has 6 heteroatoms. The Morgan fingerprint density at radius 3 is 2.54 bits per heavy atom. The minimum Gasteiger partial charge on any atom is -0.304 e. The maximum atomic E-state index is 10.6. The Labute approximate surface area is 93.8 Å². The molecule has 0 aliphatic rings. The van der Waals surface area contributed by atoms with E-state index in [0.29, 0.717) is 5.25 Å². The molecule has 0 saturated heterocycles. The van der Waals surface area contributed by atoms with Gasteiger partial charge in [0, 0.05) is 12.3 Å². The summed E-state index contributed by atoms with van der Waals surface area (Å²) in [5.74, 6) is 0. The summed E-state index contributed by atoms with van der Waals surface area (Å²) >= 11 is 8.89. The van der Waals surface area contributed by atoms with Crippen molar-refractivity contribution in [2.24, 2.45) is 0 Å². The number of carbonyl (C=O) groups excluding carboxylic acids is 1. The topological polar surface area (TPSA) is 20.3 Å². The molecule has 0 saturated carbocycles. The van der Waals surface area contributed by atoms with Crippen LogP contribution in [0.1, 0.15) is 20.3 Å². The Morgan fingerprint density at radius 1 is 1.69 bits per heavy atom. The second-order valence-corrected chi connectivity index (χ2v) is 14.2. The molecular weight excluding hydrogens is 241 g/mol. The molecule has 0 aliphatic carbocycles. The number of carbonyl (C=O) groups is 1. The van der Waals surface area contributed by atoms with E-state index in [1.807, 2.05) is 6.26 Å². The number of hydrogen-bond donors (Lipinski definition) is 0. The molecule has 0 rings (SSSR count). The van der Waals surface area contributed by atoms with Crippen molar-refractivity contribution >= 4 is 45.6 Å². The summed E-state index contributed by atoms with van der Waals surface area (Å²) in [5, 5.41) is 0.528. The van der Waals surface area contributed by atoms with E-state index in [-0.39, 0.29) is 0 Å². The van der Waals surface area contributed by atoms with Crippen molar-refractivity contribution in [2.75, 3.05) is 13.3 Å². The van der Waals surface area contributed by atoms with Gasteiger partial charge in [0.25, 0.3) is 0 Å². The molecule has 0 radical (unpaired) electrons. The van der Waals surface area contributed by atoms with Crippen molar-refractivity contribution in [3.8, 4) is 0 Å². The van der Waals surface area contributed by atoms with Gasteiger partial charge in [0.15, 0.2) is 0 Å². The summed E-state index contributed by atoms with van der Waals surface area (Å²) in [5.41, 5.74) is 0. The highest BCUT2D eigenvalue weighted by Crippen LogP contribution is 2.71. The van der Waals surface area contributed by atoms with Crippen LogP contribution in [-0.4, -0.2) is 29.6 Å². The zero-order chi connectivity index (χ0) is 10.5. The van der Waals surface area contributed by atoms with Gasteiger partial charge in [0.2, 0.25) is 6.41 Å². The van der Waals surface area contributed by atoms with E-state index in [0.717, 1.165) is 12.8 Å². The monoisotopic (exact) mass is 257 g/mol. The lowest BCUT2D eigenvalue weighted by molar-refractivity contribution is -0.113. The van der Waals surface area contributed by atoms with Crippen LogP contribution < -0.4 is 0 Å². The zero-order valence-electron chi connectivity index (χ0n) is 8.39. The van der Waals surface area contributed by atoms with Crippen LogP contribution >= 0.6 is 27.4 Å². The number of rotatable bonds is 6. The molecule has 13 heavy (non-hydrogen) atoms. The van der Waals surface area contributed by atoms with Crippen LogP contribution in [0.15, 0.2) is 0 Å². The van der Waals surface area contributed by atoms with Crippen LogP contribution in [-0.2, 0) is 16.6 Å². The second kappa shape index (κ2) is 6.33. The maximum absolute atomic E-state index is 10.6. The zero-order valence-corrected chi connectivity index (χ0v) is 11.7. The van der Waals surface area contributed by atoms with Crippen LogP contribution in [0.4, 0.5) is 0 Å². The molecule has 0 spiro atoms. The molecule has 0 aliphatic heterocycles. The third-order valence-corrected chi connectivity index (χ3v) is 13.8. The summed E-state index contributed by atoms with van der Waals surface area (Å²) in [6.07, 6.45) is 3.92. The Hall–Kier alpha value is 0.820. The van der Waals surface area contributed by atoms with Gasteiger partial charge in [-0.15, -0.1) is 0 Å². The van der Waals surface area contributed by atoms with Crippen molar-refractivity contribution < 1.29 is 4.79 Å². The van der Waals surface area contributed by atoms with Gasteiger partial charge in [0.1, 0.15) is 4.59 Å². The Balaban J connectivity index is 4.45. The van der Waals surface area contributed by atoms with Crippen LogP contribution in [0, 0.1) is 0 Å². The molecule has 2 unspecified atom stereocenters. The quantitative estimate of drug-likeness (QED) is 0.537. The highest BCUT2D eigenvalue weighted by atomic mass is 33.2. The molecule has 0 fully saturated rings. The summed E-state index contributed by atoms with van der Waals surface area (Å²) in [7, 11) is 1.78. The first kappa shape index (κ1) is 13.8. The average Bonchev–Trinajstić information content (AvgIpc) is 2.15. The van der Waals surface area contributed by atoms with E-state index in [1.54, 1.807) is 34.5 Å². The number of amides is 1. The predicted octanol–water partition coefficient (Wildman–Crippen LogP) is 3.19. The molecule has 0 N–H and O–H groups in total. The summed E-state index contributed by atoms with van der Waals surface area (Å²) < 4.78 is -0.0754. The van der Waals surface area contributed by atoms with Gasteiger partial charge < -0.3 is 4.67 Å². The first-order chi connectivity index (χ1) is 6.00. The van der Waals surface area contributed by atoms with E-state index in [1.165, 1.54) is 0 Å². The highest BCUT2D eigenvalue weighted by Gasteiger charge is 2.23. The smallest absolute Gasteiger partial charge is 0.214 e. The molecule has 0 aromatic rings. The third-order valence-electron chi connectivity index (χ3n) is 1.66. The van der Waals surface area contributed by atoms with Gasteiger partial charge in [-0.3, -0.25) is 4.79 Å². The van der Waals surface area contributed by atoms with Crippen LogP contribution in [0.2, 0.25) is 0 Å². The van der Waals surface area contributed by atoms with Crippen molar-refractivity contribution in [3.05, 3.63) is 0 Å². The Kier molecular flexibility index (Phi) is 6.73. The van der Waals surface area contributed by atoms with E-state index >= 15 is 0 Å². The van der Waals surface area contributed by atoms with Crippen LogP contribution in [0.5, 0.6) is 0 Å². The van der Waals surface area contributed by atoms with Crippen LogP contribution in [0.3, 0.4) is 0 Å². The SMILES string of the molecule is CCC(C)SP(=S)(SC)N(C)C=O. The summed E-state index contributed by atoms with van der Waals surface area (Å²) in [6, 6.07) is 0. The molecule has 0 aromatic heterocycles. The fourth-order valence-electron chi connectivity index (χ4n) is 0.606. The summed E-state index contributed by atoms with van der Waals surface area (Å²) in [4.78, 5) is 10.6. The van der Waals surface area contributed by atoms with Gasteiger partial charge in [-0.2, -0.15) is 0 Å². The van der Waals surface area contributed by atoms with Crippen molar-refractivity contribution in [2.45, 2.75) is 25.5 Å². The molecule has 0 bridgehead atoms. The maximum Gasteiger partial charge on any atom is 0.214 e. The molecule has 78 valence electrons. The predicted molar refractivity (Wildman–Crippen MR) is 69.0 cm³/mol. The van der Waals surface area contributed by atoms with E-state index in [2.05, 4.69) is 13.8 Å². The summed E-state index contributed by atoms with van der Waals surface area (Å²) in [6.45, 7) is 4.29. The number of nitrogens with zero attached hydrogens (tertiary/aromatic N) is 1. The largest absolute Gasteiger partial charge is 0.304 e. The van der Waals surface area contributed by atoms with Crippen molar-refractivity contribution in [3.63, 3.8) is 0 Å². The molecule has 0 aromatic carbocycles. The van der Waals surface area contributed by atoms with Gasteiger partial charge >= 0.3 is 0 Å². The van der Waals surface area contributed by atoms with Gasteiger partial charge in [-0.25, -0.2) is 0 Å². The number of hydrogen-bond acceptors (Lipinski definition) is 4. The lowest BCUT2D eigenvalue weighted by atomic mass is 10.4. The highest BCUT2D eigenvalue weighted by molar-refractivity contribution is 8.99. The first-order valence-corrected chi connectivity index (χ1v) is 10.1. The van der Waals surface area contributed by atoms with E-state index in [9.17, 15) is 4.79 Å². The molecule has 1 amide bonds.